The van der Waals surface area contributed by atoms with Crippen LogP contribution in [-0.2, 0) is 4.79 Å². The minimum Gasteiger partial charge on any atom is -0.491 e. The summed E-state index contributed by atoms with van der Waals surface area (Å²) in [6.07, 6.45) is 3.21. The van der Waals surface area contributed by atoms with E-state index in [0.717, 1.165) is 22.3 Å². The molecule has 0 aliphatic heterocycles. The van der Waals surface area contributed by atoms with Crippen molar-refractivity contribution >= 4 is 23.0 Å². The maximum absolute atomic E-state index is 12.2. The van der Waals surface area contributed by atoms with Crippen LogP contribution >= 0.6 is 0 Å². The van der Waals surface area contributed by atoms with Gasteiger partial charge in [-0.2, -0.15) is 0 Å². The minimum atomic E-state index is -0.0890. The smallest absolute Gasteiger partial charge is 0.246 e. The summed E-state index contributed by atoms with van der Waals surface area (Å²) in [6, 6.07) is 17.5. The zero-order valence-corrected chi connectivity index (χ0v) is 14.4. The average Bonchev–Trinajstić information content (AvgIpc) is 3.04. The molecule has 1 aromatic heterocycles. The Morgan fingerprint density at radius 1 is 1.16 bits per heavy atom. The zero-order chi connectivity index (χ0) is 17.6. The molecule has 0 spiro atoms. The molecule has 0 radical (unpaired) electrons. The highest BCUT2D eigenvalue weighted by atomic mass is 16.5. The van der Waals surface area contributed by atoms with Crippen LogP contribution < -0.4 is 4.74 Å². The number of hydrogen-bond donors (Lipinski definition) is 0. The molecule has 0 saturated carbocycles. The van der Waals surface area contributed by atoms with Gasteiger partial charge in [0.05, 0.1) is 6.54 Å². The number of hydrogen-bond acceptors (Lipinski definition) is 3. The third-order valence-electron chi connectivity index (χ3n) is 3.99. The lowest BCUT2D eigenvalue weighted by molar-refractivity contribution is -0.125. The number of fused-ring (bicyclic) bond motifs is 1. The molecule has 0 fully saturated rings. The second-order valence-corrected chi connectivity index (χ2v) is 5.89. The van der Waals surface area contributed by atoms with Crippen molar-refractivity contribution in [2.24, 2.45) is 0 Å². The van der Waals surface area contributed by atoms with E-state index in [4.69, 9.17) is 9.15 Å². The molecule has 1 amide bonds. The third-order valence-corrected chi connectivity index (χ3v) is 3.99. The van der Waals surface area contributed by atoms with E-state index in [2.05, 4.69) is 0 Å². The molecule has 2 aromatic carbocycles. The Balaban J connectivity index is 1.52. The number of carbonyl (C=O) groups excluding carboxylic acids is 1. The van der Waals surface area contributed by atoms with E-state index in [1.165, 1.54) is 6.08 Å². The van der Waals surface area contributed by atoms with Crippen molar-refractivity contribution in [3.05, 3.63) is 72.0 Å². The molecule has 1 heterocycles. The molecule has 0 atom stereocenters. The quantitative estimate of drug-likeness (QED) is 0.631. The molecule has 3 aromatic rings. The van der Waals surface area contributed by atoms with Gasteiger partial charge >= 0.3 is 0 Å². The van der Waals surface area contributed by atoms with Crippen LogP contribution in [0.5, 0.6) is 5.75 Å². The first-order valence-corrected chi connectivity index (χ1v) is 8.23. The van der Waals surface area contributed by atoms with Crippen LogP contribution in [0.15, 0.2) is 65.1 Å². The molecule has 0 aliphatic rings. The molecule has 0 unspecified atom stereocenters. The van der Waals surface area contributed by atoms with Crippen molar-refractivity contribution in [3.8, 4) is 5.75 Å². The van der Waals surface area contributed by atoms with Crippen molar-refractivity contribution in [3.63, 3.8) is 0 Å². The summed E-state index contributed by atoms with van der Waals surface area (Å²) in [4.78, 5) is 13.8. The highest BCUT2D eigenvalue weighted by Crippen LogP contribution is 2.19. The van der Waals surface area contributed by atoms with E-state index in [1.54, 1.807) is 18.0 Å². The Labute approximate surface area is 147 Å². The first-order valence-electron chi connectivity index (χ1n) is 8.23. The second-order valence-electron chi connectivity index (χ2n) is 5.89. The van der Waals surface area contributed by atoms with E-state index in [-0.39, 0.29) is 5.91 Å². The first kappa shape index (κ1) is 16.8. The molecule has 0 aliphatic carbocycles. The molecule has 3 rings (SSSR count). The van der Waals surface area contributed by atoms with Gasteiger partial charge in [-0.3, -0.25) is 4.79 Å². The number of likely N-dealkylation sites (N-methyl/N-ethyl adjacent to an activating group) is 1. The standard InChI is InChI=1S/C21H21NO3/c1-16-7-3-5-9-19(16)24-14-13-22(2)21(23)12-11-18-15-17-8-4-6-10-20(17)25-18/h3-12,15H,13-14H2,1-2H3. The molecule has 0 bridgehead atoms. The van der Waals surface area contributed by atoms with E-state index < -0.39 is 0 Å². The van der Waals surface area contributed by atoms with Crippen LogP contribution in [0.4, 0.5) is 0 Å². The van der Waals surface area contributed by atoms with Crippen molar-refractivity contribution < 1.29 is 13.9 Å². The number of furan rings is 1. The SMILES string of the molecule is Cc1ccccc1OCCN(C)C(=O)C=Cc1cc2ccccc2o1. The van der Waals surface area contributed by atoms with Gasteiger partial charge in [0.15, 0.2) is 0 Å². The number of amides is 1. The predicted octanol–water partition coefficient (Wildman–Crippen LogP) is 4.29. The Morgan fingerprint density at radius 3 is 2.72 bits per heavy atom. The van der Waals surface area contributed by atoms with Crippen LogP contribution in [0, 0.1) is 6.92 Å². The highest BCUT2D eigenvalue weighted by Gasteiger charge is 2.06. The molecule has 25 heavy (non-hydrogen) atoms. The van der Waals surface area contributed by atoms with Crippen molar-refractivity contribution in [2.45, 2.75) is 6.92 Å². The summed E-state index contributed by atoms with van der Waals surface area (Å²) in [6.45, 7) is 2.96. The molecule has 0 N–H and O–H groups in total. The van der Waals surface area contributed by atoms with Gasteiger partial charge in [-0.05, 0) is 36.8 Å². The summed E-state index contributed by atoms with van der Waals surface area (Å²) in [5.41, 5.74) is 1.90. The van der Waals surface area contributed by atoms with Crippen molar-refractivity contribution in [1.29, 1.82) is 0 Å². The molecular formula is C21H21NO3. The van der Waals surface area contributed by atoms with Gasteiger partial charge in [0.2, 0.25) is 5.91 Å². The fourth-order valence-corrected chi connectivity index (χ4v) is 2.49. The molecule has 128 valence electrons. The first-order chi connectivity index (χ1) is 12.1. The topological polar surface area (TPSA) is 42.7 Å². The maximum atomic E-state index is 12.2. The fraction of sp³-hybridized carbons (Fsp3) is 0.190. The monoisotopic (exact) mass is 335 g/mol. The normalized spacial score (nSPS) is 11.1. The number of para-hydroxylation sites is 2. The fourth-order valence-electron chi connectivity index (χ4n) is 2.49. The van der Waals surface area contributed by atoms with Crippen LogP contribution in [0.2, 0.25) is 0 Å². The van der Waals surface area contributed by atoms with Crippen LogP contribution in [-0.4, -0.2) is 31.0 Å². The molecule has 0 saturated heterocycles. The van der Waals surface area contributed by atoms with Gasteiger partial charge < -0.3 is 14.1 Å². The third kappa shape index (κ3) is 4.29. The minimum absolute atomic E-state index is 0.0890. The van der Waals surface area contributed by atoms with Gasteiger partial charge in [-0.15, -0.1) is 0 Å². The number of benzene rings is 2. The predicted molar refractivity (Wildman–Crippen MR) is 99.6 cm³/mol. The summed E-state index contributed by atoms with van der Waals surface area (Å²) in [7, 11) is 1.76. The van der Waals surface area contributed by atoms with E-state index in [1.807, 2.05) is 61.5 Å². The number of carbonyl (C=O) groups is 1. The number of nitrogens with zero attached hydrogens (tertiary/aromatic N) is 1. The summed E-state index contributed by atoms with van der Waals surface area (Å²) < 4.78 is 11.4. The van der Waals surface area contributed by atoms with Gasteiger partial charge in [-0.1, -0.05) is 36.4 Å². The summed E-state index contributed by atoms with van der Waals surface area (Å²) >= 11 is 0. The van der Waals surface area contributed by atoms with Crippen molar-refractivity contribution in [1.82, 2.24) is 4.90 Å². The Kier molecular flexibility index (Phi) is 5.19. The molecular weight excluding hydrogens is 314 g/mol. The van der Waals surface area contributed by atoms with E-state index >= 15 is 0 Å². The Hall–Kier alpha value is -3.01. The summed E-state index contributed by atoms with van der Waals surface area (Å²) in [5, 5.41) is 1.02. The van der Waals surface area contributed by atoms with Gasteiger partial charge in [0.25, 0.3) is 0 Å². The summed E-state index contributed by atoms with van der Waals surface area (Å²) in [5.74, 6) is 1.43. The van der Waals surface area contributed by atoms with Crippen LogP contribution in [0.3, 0.4) is 0 Å². The van der Waals surface area contributed by atoms with Crippen LogP contribution in [0.25, 0.3) is 17.0 Å². The van der Waals surface area contributed by atoms with Crippen molar-refractivity contribution in [2.75, 3.05) is 20.2 Å². The lowest BCUT2D eigenvalue weighted by Crippen LogP contribution is -2.29. The highest BCUT2D eigenvalue weighted by molar-refractivity contribution is 5.92. The number of aryl methyl sites for hydroxylation is 1. The zero-order valence-electron chi connectivity index (χ0n) is 14.4. The Bertz CT molecular complexity index is 862. The second kappa shape index (κ2) is 7.71. The van der Waals surface area contributed by atoms with Crippen LogP contribution in [0.1, 0.15) is 11.3 Å². The van der Waals surface area contributed by atoms with Gasteiger partial charge in [0, 0.05) is 18.5 Å². The molecule has 4 heteroatoms. The average molecular weight is 335 g/mol. The number of ether oxygens (including phenoxy) is 1. The Morgan fingerprint density at radius 2 is 1.92 bits per heavy atom. The lowest BCUT2D eigenvalue weighted by atomic mass is 10.2. The lowest BCUT2D eigenvalue weighted by Gasteiger charge is -2.16. The van der Waals surface area contributed by atoms with Gasteiger partial charge in [0.1, 0.15) is 23.7 Å². The van der Waals surface area contributed by atoms with E-state index in [9.17, 15) is 4.79 Å². The largest absolute Gasteiger partial charge is 0.491 e. The maximum Gasteiger partial charge on any atom is 0.246 e. The van der Waals surface area contributed by atoms with Gasteiger partial charge in [-0.25, -0.2) is 0 Å². The van der Waals surface area contributed by atoms with E-state index in [0.29, 0.717) is 18.9 Å². The number of rotatable bonds is 6. The molecule has 4 nitrogen and oxygen atoms in total.